The van der Waals surface area contributed by atoms with E-state index in [0.29, 0.717) is 0 Å². The third-order valence-corrected chi connectivity index (χ3v) is 2.71. The predicted molar refractivity (Wildman–Crippen MR) is 60.0 cm³/mol. The molecule has 9 heteroatoms. The monoisotopic (exact) mass is 311 g/mol. The summed E-state index contributed by atoms with van der Waals surface area (Å²) in [4.78, 5) is 22.3. The lowest BCUT2D eigenvalue weighted by Gasteiger charge is -2.19. The van der Waals surface area contributed by atoms with Crippen molar-refractivity contribution >= 4 is 11.9 Å². The van der Waals surface area contributed by atoms with Gasteiger partial charge in [-0.15, -0.1) is 0 Å². The van der Waals surface area contributed by atoms with Crippen molar-refractivity contribution in [3.05, 3.63) is 34.6 Å². The van der Waals surface area contributed by atoms with Crippen LogP contribution in [0.15, 0.2) is 0 Å². The molecule has 0 unspecified atom stereocenters. The van der Waals surface area contributed by atoms with E-state index in [2.05, 4.69) is 0 Å². The number of hydrogen-bond acceptors (Lipinski definition) is 2. The summed E-state index contributed by atoms with van der Waals surface area (Å²) in [6.07, 6.45) is 0. The van der Waals surface area contributed by atoms with E-state index >= 15 is 0 Å². The highest BCUT2D eigenvalue weighted by molar-refractivity contribution is 5.95. The first kappa shape index (κ1) is 16.9. The molecule has 116 valence electrons. The van der Waals surface area contributed by atoms with Crippen molar-refractivity contribution in [1.82, 2.24) is 5.32 Å². The Morgan fingerprint density at radius 1 is 0.952 bits per heavy atom. The average Bonchev–Trinajstić information content (AvgIpc) is 2.41. The maximum Gasteiger partial charge on any atom is 0.310 e. The molecule has 0 aromatic heterocycles. The summed E-state index contributed by atoms with van der Waals surface area (Å²) in [6.45, 7) is 1.84. The highest BCUT2D eigenvalue weighted by Gasteiger charge is 2.32. The summed E-state index contributed by atoms with van der Waals surface area (Å²) in [6, 6.07) is 0. The fourth-order valence-electron chi connectivity index (χ4n) is 1.27. The first-order valence-corrected chi connectivity index (χ1v) is 5.53. The minimum atomic E-state index is -2.38. The summed E-state index contributed by atoms with van der Waals surface area (Å²) < 4.78 is 65.3. The predicted octanol–water partition coefficient (Wildman–Crippen LogP) is 2.22. The smallest absolute Gasteiger partial charge is 0.310 e. The van der Waals surface area contributed by atoms with Crippen LogP contribution in [0, 0.1) is 34.5 Å². The number of benzene rings is 1. The van der Waals surface area contributed by atoms with Crippen molar-refractivity contribution in [3.8, 4) is 0 Å². The Kier molecular flexibility index (Phi) is 4.55. The molecule has 0 heterocycles. The van der Waals surface area contributed by atoms with E-state index in [1.165, 1.54) is 13.8 Å². The molecule has 0 saturated heterocycles. The highest BCUT2D eigenvalue weighted by Crippen LogP contribution is 2.23. The molecule has 0 fully saturated rings. The third kappa shape index (κ3) is 3.11. The number of carbonyl (C=O) groups excluding carboxylic acids is 1. The quantitative estimate of drug-likeness (QED) is 0.509. The molecule has 1 aromatic carbocycles. The Bertz CT molecular complexity index is 586. The van der Waals surface area contributed by atoms with E-state index in [0.717, 1.165) is 0 Å². The Morgan fingerprint density at radius 3 is 1.71 bits per heavy atom. The molecule has 0 saturated carbocycles. The Labute approximate surface area is 115 Å². The van der Waals surface area contributed by atoms with E-state index in [1.807, 2.05) is 5.32 Å². The highest BCUT2D eigenvalue weighted by atomic mass is 19.2. The standard InChI is InChI=1S/C12H10F5NO3/c1-12(2,11(20)21)3-18-10(19)4-5(13)7(15)9(17)8(16)6(4)14/h3H2,1-2H3,(H,18,19)(H,20,21). The van der Waals surface area contributed by atoms with Gasteiger partial charge in [0.05, 0.1) is 5.41 Å². The van der Waals surface area contributed by atoms with Gasteiger partial charge in [-0.25, -0.2) is 22.0 Å². The Morgan fingerprint density at radius 2 is 1.33 bits per heavy atom. The minimum absolute atomic E-state index is 0.569. The van der Waals surface area contributed by atoms with Crippen LogP contribution in [0.25, 0.3) is 0 Å². The largest absolute Gasteiger partial charge is 0.481 e. The van der Waals surface area contributed by atoms with Crippen LogP contribution in [0.3, 0.4) is 0 Å². The van der Waals surface area contributed by atoms with Crippen molar-refractivity contribution in [2.75, 3.05) is 6.54 Å². The number of carboxylic acid groups (broad SMARTS) is 1. The van der Waals surface area contributed by atoms with Gasteiger partial charge in [0.1, 0.15) is 5.56 Å². The van der Waals surface area contributed by atoms with Crippen LogP contribution in [0.5, 0.6) is 0 Å². The van der Waals surface area contributed by atoms with Crippen molar-refractivity contribution in [1.29, 1.82) is 0 Å². The molecule has 2 N–H and O–H groups in total. The van der Waals surface area contributed by atoms with Crippen molar-refractivity contribution in [2.24, 2.45) is 5.41 Å². The van der Waals surface area contributed by atoms with Gasteiger partial charge in [0.25, 0.3) is 5.91 Å². The van der Waals surface area contributed by atoms with Gasteiger partial charge in [0.2, 0.25) is 5.82 Å². The summed E-state index contributed by atoms with van der Waals surface area (Å²) in [7, 11) is 0. The van der Waals surface area contributed by atoms with Crippen molar-refractivity contribution in [3.63, 3.8) is 0 Å². The summed E-state index contributed by atoms with van der Waals surface area (Å²) >= 11 is 0. The lowest BCUT2D eigenvalue weighted by atomic mass is 9.94. The maximum atomic E-state index is 13.3. The second-order valence-corrected chi connectivity index (χ2v) is 4.82. The van der Waals surface area contributed by atoms with E-state index in [4.69, 9.17) is 5.11 Å². The summed E-state index contributed by atoms with van der Waals surface area (Å²) in [5.74, 6) is -14.4. The van der Waals surface area contributed by atoms with E-state index < -0.39 is 58.5 Å². The molecule has 0 aliphatic rings. The van der Waals surface area contributed by atoms with Gasteiger partial charge in [-0.3, -0.25) is 9.59 Å². The third-order valence-electron chi connectivity index (χ3n) is 2.71. The molecule has 0 aliphatic carbocycles. The molecule has 1 aromatic rings. The molecule has 0 aliphatic heterocycles. The van der Waals surface area contributed by atoms with Crippen LogP contribution in [-0.4, -0.2) is 23.5 Å². The first-order valence-electron chi connectivity index (χ1n) is 5.53. The average molecular weight is 311 g/mol. The molecule has 1 rings (SSSR count). The molecule has 0 radical (unpaired) electrons. The van der Waals surface area contributed by atoms with Crippen LogP contribution in [-0.2, 0) is 4.79 Å². The van der Waals surface area contributed by atoms with Gasteiger partial charge in [-0.05, 0) is 13.8 Å². The van der Waals surface area contributed by atoms with Crippen molar-refractivity contribution < 1.29 is 36.6 Å². The molecule has 0 atom stereocenters. The van der Waals surface area contributed by atoms with Gasteiger partial charge in [-0.1, -0.05) is 0 Å². The number of halogens is 5. The van der Waals surface area contributed by atoms with E-state index in [9.17, 15) is 31.5 Å². The zero-order chi connectivity index (χ0) is 16.5. The molecule has 21 heavy (non-hydrogen) atoms. The lowest BCUT2D eigenvalue weighted by molar-refractivity contribution is -0.146. The number of carboxylic acids is 1. The molecule has 1 amide bonds. The normalized spacial score (nSPS) is 11.4. The van der Waals surface area contributed by atoms with Crippen LogP contribution in [0.1, 0.15) is 24.2 Å². The molecular formula is C12H10F5NO3. The first-order chi connectivity index (χ1) is 9.50. The van der Waals surface area contributed by atoms with Crippen LogP contribution in [0.4, 0.5) is 22.0 Å². The van der Waals surface area contributed by atoms with Gasteiger partial charge in [0.15, 0.2) is 23.3 Å². The number of aliphatic carboxylic acids is 1. The zero-order valence-corrected chi connectivity index (χ0v) is 10.9. The zero-order valence-electron chi connectivity index (χ0n) is 10.9. The van der Waals surface area contributed by atoms with Gasteiger partial charge in [-0.2, -0.15) is 0 Å². The van der Waals surface area contributed by atoms with Crippen LogP contribution < -0.4 is 5.32 Å². The fourth-order valence-corrected chi connectivity index (χ4v) is 1.27. The second kappa shape index (κ2) is 5.66. The molecule has 0 bridgehead atoms. The van der Waals surface area contributed by atoms with Gasteiger partial charge < -0.3 is 10.4 Å². The fraction of sp³-hybridized carbons (Fsp3) is 0.333. The number of hydrogen-bond donors (Lipinski definition) is 2. The molecule has 0 spiro atoms. The van der Waals surface area contributed by atoms with Gasteiger partial charge >= 0.3 is 5.97 Å². The second-order valence-electron chi connectivity index (χ2n) is 4.82. The Balaban J connectivity index is 3.13. The number of amides is 1. The number of rotatable bonds is 4. The number of carbonyl (C=O) groups is 2. The molecular weight excluding hydrogens is 301 g/mol. The minimum Gasteiger partial charge on any atom is -0.481 e. The number of nitrogens with one attached hydrogen (secondary N) is 1. The molecule has 4 nitrogen and oxygen atoms in total. The van der Waals surface area contributed by atoms with Crippen LogP contribution in [0.2, 0.25) is 0 Å². The van der Waals surface area contributed by atoms with Gasteiger partial charge in [0, 0.05) is 6.54 Å². The Hall–Kier alpha value is -2.19. The van der Waals surface area contributed by atoms with Crippen LogP contribution >= 0.6 is 0 Å². The maximum absolute atomic E-state index is 13.3. The summed E-state index contributed by atoms with van der Waals surface area (Å²) in [5, 5.41) is 10.6. The lowest BCUT2D eigenvalue weighted by Crippen LogP contribution is -2.39. The van der Waals surface area contributed by atoms with E-state index in [-0.39, 0.29) is 0 Å². The SMILES string of the molecule is CC(C)(CNC(=O)c1c(F)c(F)c(F)c(F)c1F)C(=O)O. The summed E-state index contributed by atoms with van der Waals surface area (Å²) in [5.41, 5.74) is -3.15. The topological polar surface area (TPSA) is 66.4 Å². The van der Waals surface area contributed by atoms with E-state index in [1.54, 1.807) is 0 Å². The van der Waals surface area contributed by atoms with Crippen molar-refractivity contribution in [2.45, 2.75) is 13.8 Å².